The zero-order valence-corrected chi connectivity index (χ0v) is 13.6. The molecule has 1 aromatic carbocycles. The molecule has 22 heavy (non-hydrogen) atoms. The van der Waals surface area contributed by atoms with Gasteiger partial charge in [0.25, 0.3) is 0 Å². The molecule has 0 atom stereocenters. The summed E-state index contributed by atoms with van der Waals surface area (Å²) in [7, 11) is 3.13. The van der Waals surface area contributed by atoms with Crippen LogP contribution in [0, 0.1) is 5.41 Å². The number of amides is 2. The van der Waals surface area contributed by atoms with Gasteiger partial charge in [0.1, 0.15) is 11.2 Å². The molecule has 0 saturated carbocycles. The molecule has 0 radical (unpaired) electrons. The average Bonchev–Trinajstić information content (AvgIpc) is 2.52. The Balaban J connectivity index is 2.61. The third-order valence-electron chi connectivity index (χ3n) is 3.36. The largest absolute Gasteiger partial charge is 0.496 e. The summed E-state index contributed by atoms with van der Waals surface area (Å²) in [6, 6.07) is 7.42. The maximum atomic E-state index is 12.3. The number of carbonyl (C=O) groups excluding carboxylic acids is 2. The number of carbonyl (C=O) groups is 2. The molecule has 0 unspecified atom stereocenters. The third kappa shape index (κ3) is 4.73. The van der Waals surface area contributed by atoms with Crippen molar-refractivity contribution in [1.29, 1.82) is 0 Å². The molecule has 2 N–H and O–H groups in total. The lowest BCUT2D eigenvalue weighted by Crippen LogP contribution is -2.48. The molecule has 2 amide bonds. The summed E-state index contributed by atoms with van der Waals surface area (Å²) in [5, 5.41) is 5.45. The molecule has 1 rings (SSSR count). The number of methoxy groups -OCH3 is 2. The predicted molar refractivity (Wildman–Crippen MR) is 83.5 cm³/mol. The van der Waals surface area contributed by atoms with Crippen LogP contribution >= 0.6 is 0 Å². The Morgan fingerprint density at radius 3 is 2.36 bits per heavy atom. The van der Waals surface area contributed by atoms with Gasteiger partial charge in [-0.25, -0.2) is 0 Å². The van der Waals surface area contributed by atoms with Crippen molar-refractivity contribution < 1.29 is 19.1 Å². The first-order valence-corrected chi connectivity index (χ1v) is 7.11. The zero-order valence-electron chi connectivity index (χ0n) is 13.6. The highest BCUT2D eigenvalue weighted by Gasteiger charge is 2.35. The Hall–Kier alpha value is -2.08. The molecule has 0 aliphatic rings. The van der Waals surface area contributed by atoms with Crippen LogP contribution in [0.1, 0.15) is 19.4 Å². The molecule has 0 saturated heterocycles. The van der Waals surface area contributed by atoms with Gasteiger partial charge in [-0.1, -0.05) is 18.2 Å². The first-order valence-electron chi connectivity index (χ1n) is 7.11. The van der Waals surface area contributed by atoms with Gasteiger partial charge in [0.05, 0.1) is 13.7 Å². The van der Waals surface area contributed by atoms with Crippen molar-refractivity contribution in [2.45, 2.75) is 20.4 Å². The molecular formula is C16H24N2O4. The second kappa shape index (κ2) is 8.38. The number of hydrogen-bond acceptors (Lipinski definition) is 4. The van der Waals surface area contributed by atoms with Crippen molar-refractivity contribution >= 4 is 11.8 Å². The van der Waals surface area contributed by atoms with Gasteiger partial charge in [-0.05, 0) is 19.9 Å². The second-order valence-corrected chi connectivity index (χ2v) is 5.37. The predicted octanol–water partition coefficient (Wildman–Crippen LogP) is 1.10. The van der Waals surface area contributed by atoms with Gasteiger partial charge >= 0.3 is 0 Å². The van der Waals surface area contributed by atoms with Crippen molar-refractivity contribution in [3.63, 3.8) is 0 Å². The molecule has 0 fully saturated rings. The smallest absolute Gasteiger partial charge is 0.235 e. The Morgan fingerprint density at radius 1 is 1.09 bits per heavy atom. The number of benzene rings is 1. The number of rotatable bonds is 8. The van der Waals surface area contributed by atoms with Crippen LogP contribution in [0.3, 0.4) is 0 Å². The van der Waals surface area contributed by atoms with Gasteiger partial charge in [0.2, 0.25) is 11.8 Å². The molecule has 0 aromatic heterocycles. The zero-order chi connectivity index (χ0) is 16.6. The molecule has 1 aromatic rings. The monoisotopic (exact) mass is 308 g/mol. The Labute approximate surface area is 131 Å². The first kappa shape index (κ1) is 18.0. The lowest BCUT2D eigenvalue weighted by atomic mass is 9.91. The third-order valence-corrected chi connectivity index (χ3v) is 3.36. The fourth-order valence-corrected chi connectivity index (χ4v) is 1.84. The van der Waals surface area contributed by atoms with Gasteiger partial charge < -0.3 is 20.1 Å². The Kier molecular flexibility index (Phi) is 6.85. The van der Waals surface area contributed by atoms with Crippen LogP contribution in [0.4, 0.5) is 0 Å². The summed E-state index contributed by atoms with van der Waals surface area (Å²) < 4.78 is 10.1. The van der Waals surface area contributed by atoms with E-state index in [1.165, 1.54) is 0 Å². The fraction of sp³-hybridized carbons (Fsp3) is 0.500. The Morgan fingerprint density at radius 2 is 1.73 bits per heavy atom. The van der Waals surface area contributed by atoms with Crippen LogP contribution in [0.2, 0.25) is 0 Å². The standard InChI is InChI=1S/C16H24N2O4/c1-16(2,14(19)17-9-10-21-3)15(20)18-11-12-7-5-6-8-13(12)22-4/h5-8H,9-11H2,1-4H3,(H,17,19)(H,18,20). The molecule has 6 heteroatoms. The molecule has 0 aliphatic carbocycles. The van der Waals surface area contributed by atoms with Gasteiger partial charge in [0.15, 0.2) is 0 Å². The van der Waals surface area contributed by atoms with E-state index >= 15 is 0 Å². The number of nitrogens with one attached hydrogen (secondary N) is 2. The van der Waals surface area contributed by atoms with Crippen molar-refractivity contribution in [2.75, 3.05) is 27.4 Å². The van der Waals surface area contributed by atoms with E-state index in [2.05, 4.69) is 10.6 Å². The van der Waals surface area contributed by atoms with Crippen molar-refractivity contribution in [2.24, 2.45) is 5.41 Å². The van der Waals surface area contributed by atoms with Gasteiger partial charge in [0, 0.05) is 25.8 Å². The van der Waals surface area contributed by atoms with E-state index in [-0.39, 0.29) is 11.8 Å². The number of ether oxygens (including phenoxy) is 2. The lowest BCUT2D eigenvalue weighted by Gasteiger charge is -2.23. The van der Waals surface area contributed by atoms with E-state index in [0.29, 0.717) is 25.4 Å². The highest BCUT2D eigenvalue weighted by molar-refractivity contribution is 6.04. The van der Waals surface area contributed by atoms with E-state index in [1.54, 1.807) is 28.1 Å². The quantitative estimate of drug-likeness (QED) is 0.557. The van der Waals surface area contributed by atoms with Crippen molar-refractivity contribution in [1.82, 2.24) is 10.6 Å². The van der Waals surface area contributed by atoms with Crippen molar-refractivity contribution in [3.05, 3.63) is 29.8 Å². The highest BCUT2D eigenvalue weighted by atomic mass is 16.5. The number of hydrogen-bond donors (Lipinski definition) is 2. The minimum atomic E-state index is -1.16. The molecule has 0 spiro atoms. The molecule has 0 bridgehead atoms. The van der Waals surface area contributed by atoms with E-state index < -0.39 is 5.41 Å². The van der Waals surface area contributed by atoms with Crippen LogP contribution < -0.4 is 15.4 Å². The maximum absolute atomic E-state index is 12.3. The molecule has 0 heterocycles. The van der Waals surface area contributed by atoms with Crippen molar-refractivity contribution in [3.8, 4) is 5.75 Å². The van der Waals surface area contributed by atoms with Gasteiger partial charge in [-0.2, -0.15) is 0 Å². The normalized spacial score (nSPS) is 10.9. The fourth-order valence-electron chi connectivity index (χ4n) is 1.84. The molecule has 0 aliphatic heterocycles. The molecular weight excluding hydrogens is 284 g/mol. The van der Waals surface area contributed by atoms with E-state index in [1.807, 2.05) is 24.3 Å². The topological polar surface area (TPSA) is 76.7 Å². The van der Waals surface area contributed by atoms with Crippen LogP contribution in [0.25, 0.3) is 0 Å². The SMILES string of the molecule is COCCNC(=O)C(C)(C)C(=O)NCc1ccccc1OC. The summed E-state index contributed by atoms with van der Waals surface area (Å²) in [5.41, 5.74) is -0.301. The average molecular weight is 308 g/mol. The Bertz CT molecular complexity index is 515. The van der Waals surface area contributed by atoms with E-state index in [4.69, 9.17) is 9.47 Å². The summed E-state index contributed by atoms with van der Waals surface area (Å²) in [6.45, 7) is 4.26. The molecule has 122 valence electrons. The summed E-state index contributed by atoms with van der Waals surface area (Å²) in [5.74, 6) is 0.0283. The summed E-state index contributed by atoms with van der Waals surface area (Å²) in [4.78, 5) is 24.3. The minimum absolute atomic E-state index is 0.303. The number of para-hydroxylation sites is 1. The molecule has 6 nitrogen and oxygen atoms in total. The van der Waals surface area contributed by atoms with Gasteiger partial charge in [-0.15, -0.1) is 0 Å². The van der Waals surface area contributed by atoms with Crippen LogP contribution in [-0.2, 0) is 20.9 Å². The lowest BCUT2D eigenvalue weighted by molar-refractivity contribution is -0.141. The second-order valence-electron chi connectivity index (χ2n) is 5.37. The highest BCUT2D eigenvalue weighted by Crippen LogP contribution is 2.19. The van der Waals surface area contributed by atoms with Crippen LogP contribution in [0.5, 0.6) is 5.75 Å². The maximum Gasteiger partial charge on any atom is 0.235 e. The van der Waals surface area contributed by atoms with Crippen LogP contribution in [-0.4, -0.2) is 39.2 Å². The summed E-state index contributed by atoms with van der Waals surface area (Å²) in [6.07, 6.45) is 0. The van der Waals surface area contributed by atoms with Gasteiger partial charge in [-0.3, -0.25) is 9.59 Å². The summed E-state index contributed by atoms with van der Waals surface area (Å²) >= 11 is 0. The first-order chi connectivity index (χ1) is 10.4. The van der Waals surface area contributed by atoms with Crippen LogP contribution in [0.15, 0.2) is 24.3 Å². The minimum Gasteiger partial charge on any atom is -0.496 e. The van der Waals surface area contributed by atoms with E-state index in [9.17, 15) is 9.59 Å². The van der Waals surface area contributed by atoms with E-state index in [0.717, 1.165) is 5.56 Å².